The number of fused-ring (bicyclic) bond motifs is 1. The first kappa shape index (κ1) is 18.5. The van der Waals surface area contributed by atoms with Crippen molar-refractivity contribution in [3.63, 3.8) is 0 Å². The number of nitro groups is 1. The minimum absolute atomic E-state index is 0.0172. The van der Waals surface area contributed by atoms with E-state index in [2.05, 4.69) is 0 Å². The lowest BCUT2D eigenvalue weighted by Crippen LogP contribution is -2.64. The quantitative estimate of drug-likeness (QED) is 0.353. The van der Waals surface area contributed by atoms with E-state index >= 15 is 0 Å². The standard InChI is InChI=1S/C19H17N3O5S/c20-15-16(23)21-11-19(28-17(15)21,13-4-2-1-3-5-13)18(24)27-10-12-6-8-14(9-7-12)22(25)26/h1-9,15,17H,10-11,20H2/t15-,17-,19+/m1/s1. The molecule has 0 spiro atoms. The lowest BCUT2D eigenvalue weighted by Gasteiger charge is -2.38. The highest BCUT2D eigenvalue weighted by molar-refractivity contribution is 8.02. The molecule has 144 valence electrons. The second kappa shape index (κ2) is 6.92. The van der Waals surface area contributed by atoms with E-state index in [1.54, 1.807) is 17.0 Å². The van der Waals surface area contributed by atoms with Crippen LogP contribution >= 0.6 is 11.8 Å². The molecule has 0 radical (unpaired) electrons. The first-order chi connectivity index (χ1) is 13.4. The molecule has 2 saturated heterocycles. The molecule has 0 bridgehead atoms. The number of non-ortho nitro benzene ring substituents is 1. The molecule has 0 aromatic heterocycles. The predicted octanol–water partition coefficient (Wildman–Crippen LogP) is 1.78. The summed E-state index contributed by atoms with van der Waals surface area (Å²) in [4.78, 5) is 37.0. The Bertz CT molecular complexity index is 936. The second-order valence-corrected chi connectivity index (χ2v) is 8.11. The summed E-state index contributed by atoms with van der Waals surface area (Å²) in [6.45, 7) is 0.189. The largest absolute Gasteiger partial charge is 0.459 e. The predicted molar refractivity (Wildman–Crippen MR) is 102 cm³/mol. The van der Waals surface area contributed by atoms with E-state index in [4.69, 9.17) is 10.5 Å². The van der Waals surface area contributed by atoms with Crippen LogP contribution in [0.25, 0.3) is 0 Å². The van der Waals surface area contributed by atoms with Crippen molar-refractivity contribution in [2.75, 3.05) is 6.54 Å². The molecule has 3 atom stereocenters. The van der Waals surface area contributed by atoms with Crippen LogP contribution in [-0.4, -0.2) is 39.7 Å². The van der Waals surface area contributed by atoms with Crippen LogP contribution in [0.1, 0.15) is 11.1 Å². The summed E-state index contributed by atoms with van der Waals surface area (Å²) in [5, 5.41) is 10.5. The van der Waals surface area contributed by atoms with Gasteiger partial charge >= 0.3 is 5.97 Å². The summed E-state index contributed by atoms with van der Waals surface area (Å²) in [6, 6.07) is 14.4. The zero-order valence-corrected chi connectivity index (χ0v) is 15.5. The minimum atomic E-state index is -1.05. The van der Waals surface area contributed by atoms with Gasteiger partial charge in [-0.05, 0) is 23.3 Å². The third kappa shape index (κ3) is 2.92. The molecule has 8 nitrogen and oxygen atoms in total. The molecule has 0 unspecified atom stereocenters. The number of amides is 1. The van der Waals surface area contributed by atoms with Gasteiger partial charge in [0.1, 0.15) is 18.0 Å². The van der Waals surface area contributed by atoms with Crippen LogP contribution in [0.3, 0.4) is 0 Å². The van der Waals surface area contributed by atoms with Crippen molar-refractivity contribution >= 4 is 29.3 Å². The van der Waals surface area contributed by atoms with Gasteiger partial charge in [0.2, 0.25) is 5.91 Å². The lowest BCUT2D eigenvalue weighted by atomic mass is 9.95. The number of carbonyl (C=O) groups is 2. The van der Waals surface area contributed by atoms with Crippen molar-refractivity contribution < 1.29 is 19.2 Å². The van der Waals surface area contributed by atoms with E-state index in [0.717, 1.165) is 5.56 Å². The van der Waals surface area contributed by atoms with Gasteiger partial charge in [-0.3, -0.25) is 19.7 Å². The highest BCUT2D eigenvalue weighted by Gasteiger charge is 2.61. The van der Waals surface area contributed by atoms with E-state index in [1.807, 2.05) is 30.3 Å². The summed E-state index contributed by atoms with van der Waals surface area (Å²) >= 11 is 1.34. The Labute approximate surface area is 164 Å². The monoisotopic (exact) mass is 399 g/mol. The van der Waals surface area contributed by atoms with Crippen LogP contribution in [0.2, 0.25) is 0 Å². The zero-order valence-electron chi connectivity index (χ0n) is 14.7. The van der Waals surface area contributed by atoms with Crippen LogP contribution in [0.4, 0.5) is 5.69 Å². The molecule has 2 fully saturated rings. The molecule has 28 heavy (non-hydrogen) atoms. The average molecular weight is 399 g/mol. The number of benzene rings is 2. The Balaban J connectivity index is 1.55. The van der Waals surface area contributed by atoms with Gasteiger partial charge in [0, 0.05) is 12.1 Å². The van der Waals surface area contributed by atoms with E-state index in [0.29, 0.717) is 5.56 Å². The van der Waals surface area contributed by atoms with Gasteiger partial charge in [-0.25, -0.2) is 0 Å². The summed E-state index contributed by atoms with van der Waals surface area (Å²) in [5.41, 5.74) is 7.26. The number of hydrogen-bond donors (Lipinski definition) is 1. The van der Waals surface area contributed by atoms with Crippen molar-refractivity contribution in [2.45, 2.75) is 22.8 Å². The normalized spacial score (nSPS) is 25.8. The molecule has 2 aliphatic rings. The first-order valence-corrected chi connectivity index (χ1v) is 9.50. The molecule has 0 saturated carbocycles. The molecule has 0 aliphatic carbocycles. The summed E-state index contributed by atoms with van der Waals surface area (Å²) in [7, 11) is 0. The van der Waals surface area contributed by atoms with Crippen molar-refractivity contribution in [1.29, 1.82) is 0 Å². The number of β-lactam (4-membered cyclic amide) rings is 1. The first-order valence-electron chi connectivity index (χ1n) is 8.62. The maximum Gasteiger partial charge on any atom is 0.329 e. The Morgan fingerprint density at radius 3 is 2.54 bits per heavy atom. The SMILES string of the molecule is N[C@@H]1C(=O)N2C[C@@](C(=O)OCc3ccc([N+](=O)[O-])cc3)(c3ccccc3)S[C@H]12. The number of ether oxygens (including phenoxy) is 1. The lowest BCUT2D eigenvalue weighted by molar-refractivity contribution is -0.384. The molecule has 2 aliphatic heterocycles. The van der Waals surface area contributed by atoms with Crippen molar-refractivity contribution in [3.8, 4) is 0 Å². The minimum Gasteiger partial charge on any atom is -0.459 e. The van der Waals surface area contributed by atoms with Crippen LogP contribution in [0, 0.1) is 10.1 Å². The van der Waals surface area contributed by atoms with Gasteiger partial charge in [0.15, 0.2) is 4.75 Å². The number of esters is 1. The summed E-state index contributed by atoms with van der Waals surface area (Å²) in [6.07, 6.45) is 0. The van der Waals surface area contributed by atoms with Crippen LogP contribution in [0.5, 0.6) is 0 Å². The molecule has 2 N–H and O–H groups in total. The summed E-state index contributed by atoms with van der Waals surface area (Å²) < 4.78 is 4.51. The molecule has 4 rings (SSSR count). The Hall–Kier alpha value is -2.91. The number of nitrogens with two attached hydrogens (primary N) is 1. The number of thioether (sulfide) groups is 1. The fourth-order valence-electron chi connectivity index (χ4n) is 3.42. The zero-order chi connectivity index (χ0) is 19.9. The van der Waals surface area contributed by atoms with E-state index in [1.165, 1.54) is 23.9 Å². The van der Waals surface area contributed by atoms with Crippen LogP contribution < -0.4 is 5.73 Å². The molecular formula is C19H17N3O5S. The Kier molecular flexibility index (Phi) is 4.56. The van der Waals surface area contributed by atoms with Gasteiger partial charge in [0.05, 0.1) is 11.5 Å². The molecule has 1 amide bonds. The average Bonchev–Trinajstić information content (AvgIpc) is 3.11. The van der Waals surface area contributed by atoms with Crippen molar-refractivity contribution in [3.05, 3.63) is 75.8 Å². The number of nitro benzene ring substituents is 1. The van der Waals surface area contributed by atoms with Crippen LogP contribution in [0.15, 0.2) is 54.6 Å². The van der Waals surface area contributed by atoms with Crippen LogP contribution in [-0.2, 0) is 25.7 Å². The fourth-order valence-corrected chi connectivity index (χ4v) is 5.04. The number of nitrogens with zero attached hydrogens (tertiary/aromatic N) is 2. The Morgan fingerprint density at radius 2 is 1.93 bits per heavy atom. The molecule has 2 aromatic carbocycles. The van der Waals surface area contributed by atoms with E-state index in [-0.39, 0.29) is 30.1 Å². The Morgan fingerprint density at radius 1 is 1.25 bits per heavy atom. The van der Waals surface area contributed by atoms with Crippen molar-refractivity contribution in [1.82, 2.24) is 4.90 Å². The maximum absolute atomic E-state index is 13.1. The molecule has 2 heterocycles. The van der Waals surface area contributed by atoms with E-state index < -0.39 is 21.7 Å². The van der Waals surface area contributed by atoms with Crippen molar-refractivity contribution in [2.24, 2.45) is 5.73 Å². The third-order valence-corrected chi connectivity index (χ3v) is 6.71. The highest BCUT2D eigenvalue weighted by Crippen LogP contribution is 2.52. The molecule has 2 aromatic rings. The smallest absolute Gasteiger partial charge is 0.329 e. The number of hydrogen-bond acceptors (Lipinski definition) is 7. The van der Waals surface area contributed by atoms with Gasteiger partial charge in [-0.1, -0.05) is 30.3 Å². The second-order valence-electron chi connectivity index (χ2n) is 6.69. The molecular weight excluding hydrogens is 382 g/mol. The molecule has 9 heteroatoms. The van der Waals surface area contributed by atoms with E-state index in [9.17, 15) is 19.7 Å². The highest BCUT2D eigenvalue weighted by atomic mass is 32.2. The fraction of sp³-hybridized carbons (Fsp3) is 0.263. The maximum atomic E-state index is 13.1. The van der Waals surface area contributed by atoms with Gasteiger partial charge in [0.25, 0.3) is 5.69 Å². The number of rotatable bonds is 5. The van der Waals surface area contributed by atoms with Gasteiger partial charge in [-0.2, -0.15) is 0 Å². The van der Waals surface area contributed by atoms with Gasteiger partial charge in [-0.15, -0.1) is 11.8 Å². The van der Waals surface area contributed by atoms with Gasteiger partial charge < -0.3 is 15.4 Å². The summed E-state index contributed by atoms with van der Waals surface area (Å²) in [5.74, 6) is -0.630. The number of carbonyl (C=O) groups excluding carboxylic acids is 2. The topological polar surface area (TPSA) is 116 Å². The third-order valence-electron chi connectivity index (χ3n) is 4.98.